The van der Waals surface area contributed by atoms with Gasteiger partial charge < -0.3 is 14.6 Å². The topological polar surface area (TPSA) is 54.2 Å². The summed E-state index contributed by atoms with van der Waals surface area (Å²) >= 11 is 1.85. The van der Waals surface area contributed by atoms with Crippen LogP contribution >= 0.6 is 11.8 Å². The van der Waals surface area contributed by atoms with Gasteiger partial charge in [0.15, 0.2) is 0 Å². The molecule has 5 nitrogen and oxygen atoms in total. The number of hydrogen-bond acceptors (Lipinski definition) is 6. The maximum Gasteiger partial charge on any atom is 0.318 e. The van der Waals surface area contributed by atoms with Crippen molar-refractivity contribution < 1.29 is 4.42 Å². The molecule has 1 aromatic rings. The molecule has 0 bridgehead atoms. The van der Waals surface area contributed by atoms with Crippen molar-refractivity contribution in [2.75, 3.05) is 31.0 Å². The van der Waals surface area contributed by atoms with Crippen molar-refractivity contribution in [3.63, 3.8) is 0 Å². The highest BCUT2D eigenvalue weighted by molar-refractivity contribution is 7.98. The fourth-order valence-electron chi connectivity index (χ4n) is 1.28. The van der Waals surface area contributed by atoms with Gasteiger partial charge in [-0.15, -0.1) is 5.10 Å². The molecular formula is C10H20N4OS. The number of aromatic nitrogens is 2. The fraction of sp³-hybridized carbons (Fsp3) is 0.800. The minimum atomic E-state index is 0.412. The van der Waals surface area contributed by atoms with Crippen LogP contribution in [0.4, 0.5) is 6.01 Å². The van der Waals surface area contributed by atoms with E-state index >= 15 is 0 Å². The van der Waals surface area contributed by atoms with Crippen molar-refractivity contribution in [2.45, 2.75) is 25.9 Å². The molecule has 1 heterocycles. The first kappa shape index (κ1) is 13.3. The van der Waals surface area contributed by atoms with Crippen LogP contribution in [-0.2, 0) is 6.54 Å². The molecule has 0 saturated heterocycles. The van der Waals surface area contributed by atoms with E-state index in [1.165, 1.54) is 0 Å². The molecule has 0 saturated carbocycles. The monoisotopic (exact) mass is 244 g/mol. The second-order valence-electron chi connectivity index (χ2n) is 3.75. The van der Waals surface area contributed by atoms with Gasteiger partial charge in [0.1, 0.15) is 0 Å². The molecule has 16 heavy (non-hydrogen) atoms. The lowest BCUT2D eigenvalue weighted by Gasteiger charge is -2.22. The van der Waals surface area contributed by atoms with E-state index in [1.807, 2.05) is 30.8 Å². The normalized spacial score (nSPS) is 12.8. The zero-order valence-corrected chi connectivity index (χ0v) is 11.2. The lowest BCUT2D eigenvalue weighted by Crippen LogP contribution is -2.29. The van der Waals surface area contributed by atoms with Gasteiger partial charge in [-0.05, 0) is 32.4 Å². The third-order valence-electron chi connectivity index (χ3n) is 2.49. The summed E-state index contributed by atoms with van der Waals surface area (Å²) in [5.41, 5.74) is 0. The molecule has 1 N–H and O–H groups in total. The summed E-state index contributed by atoms with van der Waals surface area (Å²) in [6, 6.07) is 1.01. The second-order valence-corrected chi connectivity index (χ2v) is 4.74. The smallest absolute Gasteiger partial charge is 0.318 e. The van der Waals surface area contributed by atoms with Crippen molar-refractivity contribution in [1.82, 2.24) is 15.5 Å². The molecule has 92 valence electrons. The third-order valence-corrected chi connectivity index (χ3v) is 3.13. The number of hydrogen-bond donors (Lipinski definition) is 1. The summed E-state index contributed by atoms with van der Waals surface area (Å²) in [5, 5.41) is 11.0. The largest absolute Gasteiger partial charge is 0.407 e. The quantitative estimate of drug-likeness (QED) is 0.782. The second kappa shape index (κ2) is 6.75. The van der Waals surface area contributed by atoms with Crippen LogP contribution in [-0.4, -0.2) is 42.3 Å². The van der Waals surface area contributed by atoms with Gasteiger partial charge in [0.25, 0.3) is 0 Å². The van der Waals surface area contributed by atoms with E-state index in [-0.39, 0.29) is 0 Å². The number of anilines is 1. The van der Waals surface area contributed by atoms with Gasteiger partial charge in [0, 0.05) is 13.1 Å². The van der Waals surface area contributed by atoms with Crippen LogP contribution in [0.1, 0.15) is 19.2 Å². The van der Waals surface area contributed by atoms with Crippen LogP contribution in [0.15, 0.2) is 4.42 Å². The molecule has 1 unspecified atom stereocenters. The Kier molecular flexibility index (Phi) is 5.62. The minimum Gasteiger partial charge on any atom is -0.407 e. The summed E-state index contributed by atoms with van der Waals surface area (Å²) in [6.07, 6.45) is 3.23. The first-order valence-corrected chi connectivity index (χ1v) is 6.77. The molecular weight excluding hydrogens is 224 g/mol. The molecule has 0 fully saturated rings. The van der Waals surface area contributed by atoms with Crippen LogP contribution in [0, 0.1) is 0 Å². The Morgan fingerprint density at radius 1 is 1.50 bits per heavy atom. The van der Waals surface area contributed by atoms with Gasteiger partial charge in [0.05, 0.1) is 6.54 Å². The predicted octanol–water partition coefficient (Wildman–Crippen LogP) is 1.37. The SMILES string of the molecule is CNCc1nnc(N(C)C(C)CCSC)o1. The average Bonchev–Trinajstić information content (AvgIpc) is 2.74. The van der Waals surface area contributed by atoms with Crippen LogP contribution in [0.3, 0.4) is 0 Å². The van der Waals surface area contributed by atoms with Crippen LogP contribution in [0.5, 0.6) is 0 Å². The fourth-order valence-corrected chi connectivity index (χ4v) is 1.86. The molecule has 0 aliphatic carbocycles. The molecule has 1 rings (SSSR count). The van der Waals surface area contributed by atoms with E-state index in [1.54, 1.807) is 0 Å². The van der Waals surface area contributed by atoms with E-state index in [0.717, 1.165) is 12.2 Å². The molecule has 0 aromatic carbocycles. The van der Waals surface area contributed by atoms with Crippen molar-refractivity contribution in [3.05, 3.63) is 5.89 Å². The summed E-state index contributed by atoms with van der Waals surface area (Å²) in [6.45, 7) is 2.78. The zero-order chi connectivity index (χ0) is 12.0. The Morgan fingerprint density at radius 2 is 2.25 bits per heavy atom. The Hall–Kier alpha value is -0.750. The van der Waals surface area contributed by atoms with Crippen LogP contribution < -0.4 is 10.2 Å². The minimum absolute atomic E-state index is 0.412. The Labute approximate surface area is 101 Å². The molecule has 1 atom stereocenters. The first-order chi connectivity index (χ1) is 7.69. The van der Waals surface area contributed by atoms with E-state index in [4.69, 9.17) is 4.42 Å². The van der Waals surface area contributed by atoms with Crippen molar-refractivity contribution in [3.8, 4) is 0 Å². The lowest BCUT2D eigenvalue weighted by atomic mass is 10.2. The van der Waals surface area contributed by atoms with Gasteiger partial charge in [-0.1, -0.05) is 5.10 Å². The summed E-state index contributed by atoms with van der Waals surface area (Å²) < 4.78 is 5.52. The van der Waals surface area contributed by atoms with Crippen molar-refractivity contribution >= 4 is 17.8 Å². The Morgan fingerprint density at radius 3 is 2.88 bits per heavy atom. The molecule has 0 amide bonds. The molecule has 0 aliphatic heterocycles. The van der Waals surface area contributed by atoms with E-state index in [2.05, 4.69) is 28.7 Å². The van der Waals surface area contributed by atoms with E-state index in [9.17, 15) is 0 Å². The Balaban J connectivity index is 2.53. The number of nitrogens with zero attached hydrogens (tertiary/aromatic N) is 3. The lowest BCUT2D eigenvalue weighted by molar-refractivity contribution is 0.463. The van der Waals surface area contributed by atoms with E-state index in [0.29, 0.717) is 24.5 Å². The van der Waals surface area contributed by atoms with E-state index < -0.39 is 0 Å². The molecule has 0 aliphatic rings. The highest BCUT2D eigenvalue weighted by Crippen LogP contribution is 2.15. The Bertz CT molecular complexity index is 305. The highest BCUT2D eigenvalue weighted by atomic mass is 32.2. The number of rotatable bonds is 7. The summed E-state index contributed by atoms with van der Waals surface area (Å²) in [5.74, 6) is 1.77. The number of nitrogens with one attached hydrogen (secondary N) is 1. The molecule has 1 aromatic heterocycles. The van der Waals surface area contributed by atoms with Crippen LogP contribution in [0.2, 0.25) is 0 Å². The summed E-state index contributed by atoms with van der Waals surface area (Å²) in [4.78, 5) is 2.03. The maximum atomic E-state index is 5.52. The zero-order valence-electron chi connectivity index (χ0n) is 10.4. The third kappa shape index (κ3) is 3.68. The number of thioether (sulfide) groups is 1. The van der Waals surface area contributed by atoms with Gasteiger partial charge in [-0.25, -0.2) is 0 Å². The van der Waals surface area contributed by atoms with Crippen molar-refractivity contribution in [1.29, 1.82) is 0 Å². The van der Waals surface area contributed by atoms with Gasteiger partial charge in [-0.2, -0.15) is 11.8 Å². The highest BCUT2D eigenvalue weighted by Gasteiger charge is 2.15. The average molecular weight is 244 g/mol. The maximum absolute atomic E-state index is 5.52. The summed E-state index contributed by atoms with van der Waals surface area (Å²) in [7, 11) is 3.84. The van der Waals surface area contributed by atoms with Gasteiger partial charge in [-0.3, -0.25) is 0 Å². The van der Waals surface area contributed by atoms with Gasteiger partial charge in [0.2, 0.25) is 5.89 Å². The predicted molar refractivity (Wildman–Crippen MR) is 67.9 cm³/mol. The first-order valence-electron chi connectivity index (χ1n) is 5.37. The van der Waals surface area contributed by atoms with Crippen LogP contribution in [0.25, 0.3) is 0 Å². The standard InChI is InChI=1S/C10H20N4OS/c1-8(5-6-16-4)14(3)10-13-12-9(15-10)7-11-2/h8,11H,5-7H2,1-4H3. The molecule has 0 radical (unpaired) electrons. The van der Waals surface area contributed by atoms with Crippen molar-refractivity contribution in [2.24, 2.45) is 0 Å². The molecule has 0 spiro atoms. The molecule has 6 heteroatoms. The van der Waals surface area contributed by atoms with Gasteiger partial charge >= 0.3 is 6.01 Å².